The molecule has 35 heavy (non-hydrogen) atoms. The zero-order valence-corrected chi connectivity index (χ0v) is 20.4. The van der Waals surface area contributed by atoms with E-state index in [-0.39, 0.29) is 44.6 Å². The van der Waals surface area contributed by atoms with Gasteiger partial charge in [-0.05, 0) is 43.3 Å². The second kappa shape index (κ2) is 9.16. The maximum atomic E-state index is 13.5. The minimum Gasteiger partial charge on any atom is -0.455 e. The standard InChI is InChI=1S/C23H20ClFN4O5S/c1-4-35(32,33)28-18-11-19-15(9-14(18)17-10-16(24)23(31)29(3)27-17)20(22(30)26-2)21(34-19)12-5-7-13(25)8-6-12/h5-11,28H,4H2,1-3H3,(H,26,30). The van der Waals surface area contributed by atoms with Crippen LogP contribution in [0.2, 0.25) is 5.02 Å². The maximum absolute atomic E-state index is 13.5. The zero-order chi connectivity index (χ0) is 25.5. The first-order chi connectivity index (χ1) is 16.5. The molecule has 0 atom stereocenters. The molecule has 0 radical (unpaired) electrons. The van der Waals surface area contributed by atoms with Crippen molar-refractivity contribution < 1.29 is 22.0 Å². The van der Waals surface area contributed by atoms with Crippen LogP contribution in [0.25, 0.3) is 33.6 Å². The molecular weight excluding hydrogens is 499 g/mol. The fourth-order valence-electron chi connectivity index (χ4n) is 3.54. The van der Waals surface area contributed by atoms with Crippen LogP contribution in [0.5, 0.6) is 0 Å². The SMILES string of the molecule is CCS(=O)(=O)Nc1cc2oc(-c3ccc(F)cc3)c(C(=O)NC)c2cc1-c1cc(Cl)c(=O)n(C)n1. The number of carbonyl (C=O) groups is 1. The third kappa shape index (κ3) is 4.64. The number of fused-ring (bicyclic) bond motifs is 1. The molecule has 12 heteroatoms. The van der Waals surface area contributed by atoms with Crippen LogP contribution in [0, 0.1) is 5.82 Å². The quantitative estimate of drug-likeness (QED) is 0.400. The average Bonchev–Trinajstić information content (AvgIpc) is 3.19. The first kappa shape index (κ1) is 24.4. The molecule has 4 aromatic rings. The van der Waals surface area contributed by atoms with Gasteiger partial charge in [0.15, 0.2) is 0 Å². The Labute approximate surface area is 204 Å². The molecular formula is C23H20ClFN4O5S. The number of aromatic nitrogens is 2. The lowest BCUT2D eigenvalue weighted by atomic mass is 10.0. The van der Waals surface area contributed by atoms with Gasteiger partial charge in [-0.25, -0.2) is 17.5 Å². The summed E-state index contributed by atoms with van der Waals surface area (Å²) < 4.78 is 47.8. The number of nitrogens with one attached hydrogen (secondary N) is 2. The minimum absolute atomic E-state index is 0.115. The van der Waals surface area contributed by atoms with Gasteiger partial charge in [0.2, 0.25) is 10.0 Å². The van der Waals surface area contributed by atoms with Crippen molar-refractivity contribution >= 4 is 44.2 Å². The highest BCUT2D eigenvalue weighted by Crippen LogP contribution is 2.39. The van der Waals surface area contributed by atoms with Gasteiger partial charge < -0.3 is 9.73 Å². The van der Waals surface area contributed by atoms with Crippen molar-refractivity contribution in [3.05, 3.63) is 69.2 Å². The normalized spacial score (nSPS) is 11.6. The summed E-state index contributed by atoms with van der Waals surface area (Å²) in [5.41, 5.74) is 0.864. The highest BCUT2D eigenvalue weighted by molar-refractivity contribution is 7.92. The van der Waals surface area contributed by atoms with Gasteiger partial charge in [-0.1, -0.05) is 11.6 Å². The van der Waals surface area contributed by atoms with E-state index in [1.165, 1.54) is 63.5 Å². The molecule has 1 amide bonds. The Hall–Kier alpha value is -3.70. The highest BCUT2D eigenvalue weighted by Gasteiger charge is 2.25. The van der Waals surface area contributed by atoms with Gasteiger partial charge in [0.05, 0.1) is 22.7 Å². The molecule has 0 fully saturated rings. The molecule has 182 valence electrons. The largest absolute Gasteiger partial charge is 0.455 e. The first-order valence-corrected chi connectivity index (χ1v) is 12.4. The van der Waals surface area contributed by atoms with Gasteiger partial charge in [-0.3, -0.25) is 14.3 Å². The number of benzene rings is 2. The fourth-order valence-corrected chi connectivity index (χ4v) is 4.41. The summed E-state index contributed by atoms with van der Waals surface area (Å²) in [7, 11) is -0.861. The van der Waals surface area contributed by atoms with Crippen molar-refractivity contribution in [3.8, 4) is 22.6 Å². The summed E-state index contributed by atoms with van der Waals surface area (Å²) in [5.74, 6) is -0.953. The van der Waals surface area contributed by atoms with Crippen LogP contribution in [0.1, 0.15) is 17.3 Å². The molecule has 2 aromatic heterocycles. The monoisotopic (exact) mass is 518 g/mol. The van der Waals surface area contributed by atoms with E-state index >= 15 is 0 Å². The number of anilines is 1. The Balaban J connectivity index is 2.08. The maximum Gasteiger partial charge on any atom is 0.285 e. The molecule has 2 aromatic carbocycles. The first-order valence-electron chi connectivity index (χ1n) is 10.4. The highest BCUT2D eigenvalue weighted by atomic mass is 35.5. The third-order valence-corrected chi connectivity index (χ3v) is 6.89. The van der Waals surface area contributed by atoms with Gasteiger partial charge in [0.25, 0.3) is 11.5 Å². The predicted molar refractivity (Wildman–Crippen MR) is 132 cm³/mol. The summed E-state index contributed by atoms with van der Waals surface area (Å²) in [4.78, 5) is 24.9. The smallest absolute Gasteiger partial charge is 0.285 e. The summed E-state index contributed by atoms with van der Waals surface area (Å²) in [6, 6.07) is 9.68. The van der Waals surface area contributed by atoms with Gasteiger partial charge >= 0.3 is 0 Å². The van der Waals surface area contributed by atoms with Crippen LogP contribution in [-0.4, -0.2) is 36.9 Å². The molecule has 2 N–H and O–H groups in total. The molecule has 0 aliphatic carbocycles. The van der Waals surface area contributed by atoms with Crippen LogP contribution in [0.3, 0.4) is 0 Å². The third-order valence-electron chi connectivity index (χ3n) is 5.33. The van der Waals surface area contributed by atoms with Gasteiger partial charge in [-0.2, -0.15) is 5.10 Å². The van der Waals surface area contributed by atoms with E-state index in [1.807, 2.05) is 0 Å². The van der Waals surface area contributed by atoms with Crippen LogP contribution in [0.15, 0.2) is 51.7 Å². The van der Waals surface area contributed by atoms with E-state index in [0.29, 0.717) is 10.9 Å². The molecule has 0 saturated carbocycles. The van der Waals surface area contributed by atoms with Gasteiger partial charge in [0, 0.05) is 36.7 Å². The molecule has 4 rings (SSSR count). The number of hydrogen-bond acceptors (Lipinski definition) is 6. The van der Waals surface area contributed by atoms with Crippen molar-refractivity contribution in [2.45, 2.75) is 6.92 Å². The number of carbonyl (C=O) groups excluding carboxylic acids is 1. The number of amides is 1. The Kier molecular flexibility index (Phi) is 6.39. The van der Waals surface area contributed by atoms with Gasteiger partial charge in [-0.15, -0.1) is 0 Å². The molecule has 0 spiro atoms. The zero-order valence-electron chi connectivity index (χ0n) is 18.8. The van der Waals surface area contributed by atoms with E-state index in [4.69, 9.17) is 16.0 Å². The number of hydrogen-bond donors (Lipinski definition) is 2. The Bertz CT molecular complexity index is 1600. The summed E-state index contributed by atoms with van der Waals surface area (Å²) in [6.45, 7) is 1.48. The summed E-state index contributed by atoms with van der Waals surface area (Å²) in [6.07, 6.45) is 0. The number of nitrogens with zero attached hydrogens (tertiary/aromatic N) is 2. The summed E-state index contributed by atoms with van der Waals surface area (Å²) >= 11 is 6.08. The Morgan fingerprint density at radius 1 is 1.20 bits per heavy atom. The van der Waals surface area contributed by atoms with Crippen molar-refractivity contribution in [2.75, 3.05) is 17.5 Å². The minimum atomic E-state index is -3.72. The number of rotatable bonds is 6. The lowest BCUT2D eigenvalue weighted by Gasteiger charge is -2.13. The molecule has 0 unspecified atom stereocenters. The van der Waals surface area contributed by atoms with E-state index in [9.17, 15) is 22.4 Å². The number of halogens is 2. The lowest BCUT2D eigenvalue weighted by molar-refractivity contribution is 0.0964. The van der Waals surface area contributed by atoms with E-state index in [2.05, 4.69) is 15.1 Å². The van der Waals surface area contributed by atoms with E-state index in [1.54, 1.807) is 0 Å². The number of furan rings is 1. The molecule has 0 aliphatic rings. The Morgan fingerprint density at radius 2 is 1.89 bits per heavy atom. The van der Waals surface area contributed by atoms with E-state index < -0.39 is 27.3 Å². The average molecular weight is 519 g/mol. The van der Waals surface area contributed by atoms with Crippen LogP contribution in [-0.2, 0) is 17.1 Å². The number of aryl methyl sites for hydroxylation is 1. The predicted octanol–water partition coefficient (Wildman–Crippen LogP) is 3.77. The second-order valence-corrected chi connectivity index (χ2v) is 10.0. The fraction of sp³-hybridized carbons (Fsp3) is 0.174. The molecule has 2 heterocycles. The van der Waals surface area contributed by atoms with Crippen molar-refractivity contribution in [1.82, 2.24) is 15.1 Å². The molecule has 9 nitrogen and oxygen atoms in total. The van der Waals surface area contributed by atoms with Gasteiger partial charge in [0.1, 0.15) is 22.2 Å². The van der Waals surface area contributed by atoms with Crippen molar-refractivity contribution in [2.24, 2.45) is 7.05 Å². The van der Waals surface area contributed by atoms with Crippen molar-refractivity contribution in [1.29, 1.82) is 0 Å². The van der Waals surface area contributed by atoms with Crippen LogP contribution in [0.4, 0.5) is 10.1 Å². The van der Waals surface area contributed by atoms with E-state index in [0.717, 1.165) is 4.68 Å². The lowest BCUT2D eigenvalue weighted by Crippen LogP contribution is -2.21. The van der Waals surface area contributed by atoms with Crippen molar-refractivity contribution in [3.63, 3.8) is 0 Å². The van der Waals surface area contributed by atoms with Crippen LogP contribution < -0.4 is 15.6 Å². The topological polar surface area (TPSA) is 123 Å². The molecule has 0 aliphatic heterocycles. The summed E-state index contributed by atoms with van der Waals surface area (Å²) in [5, 5.41) is 7.00. The van der Waals surface area contributed by atoms with Crippen LogP contribution >= 0.6 is 11.6 Å². The second-order valence-electron chi connectivity index (χ2n) is 7.60. The molecule has 0 bridgehead atoms. The molecule has 0 saturated heterocycles. The Morgan fingerprint density at radius 3 is 2.49 bits per heavy atom. The number of sulfonamides is 1.